The Balaban J connectivity index is 1.61. The van der Waals surface area contributed by atoms with E-state index in [4.69, 9.17) is 11.6 Å². The van der Waals surface area contributed by atoms with Gasteiger partial charge in [-0.05, 0) is 67.4 Å². The minimum atomic E-state index is -0.476. The molecular formula is C24H21ClN8O3. The Morgan fingerprint density at radius 3 is 2.19 bits per heavy atom. The van der Waals surface area contributed by atoms with Crippen LogP contribution < -0.4 is 16.1 Å². The maximum atomic E-state index is 10.9. The number of rotatable bonds is 8. The number of nitrogens with zero attached hydrogens (tertiary/aromatic N) is 5. The van der Waals surface area contributed by atoms with E-state index in [0.29, 0.717) is 16.3 Å². The summed E-state index contributed by atoms with van der Waals surface area (Å²) >= 11 is 5.98. The Bertz CT molecular complexity index is 1440. The molecule has 1 heterocycles. The summed E-state index contributed by atoms with van der Waals surface area (Å²) in [4.78, 5) is 23.5. The highest BCUT2D eigenvalue weighted by Gasteiger charge is 2.10. The highest BCUT2D eigenvalue weighted by atomic mass is 35.5. The van der Waals surface area contributed by atoms with Crippen LogP contribution in [0.15, 0.2) is 65.8 Å². The lowest BCUT2D eigenvalue weighted by atomic mass is 10.1. The van der Waals surface area contributed by atoms with Crippen molar-refractivity contribution in [3.63, 3.8) is 0 Å². The summed E-state index contributed by atoms with van der Waals surface area (Å²) in [6.07, 6.45) is 1.38. The van der Waals surface area contributed by atoms with Crippen molar-refractivity contribution >= 4 is 52.7 Å². The minimum Gasteiger partial charge on any atom is -0.507 e. The van der Waals surface area contributed by atoms with Crippen molar-refractivity contribution < 1.29 is 10.0 Å². The maximum Gasteiger partial charge on any atom is 0.269 e. The molecule has 3 aromatic carbocycles. The number of hydrazone groups is 1. The van der Waals surface area contributed by atoms with Gasteiger partial charge in [-0.1, -0.05) is 17.7 Å². The molecular weight excluding hydrogens is 484 g/mol. The highest BCUT2D eigenvalue weighted by molar-refractivity contribution is 6.30. The number of nitro groups is 1. The number of hydrogen-bond acceptors (Lipinski definition) is 10. The first-order valence-corrected chi connectivity index (χ1v) is 11.0. The number of aromatic hydroxyl groups is 1. The second-order valence-corrected chi connectivity index (χ2v) is 8.17. The molecule has 0 fully saturated rings. The van der Waals surface area contributed by atoms with Crippen molar-refractivity contribution in [1.82, 2.24) is 15.0 Å². The number of aryl methyl sites for hydroxylation is 2. The second kappa shape index (κ2) is 10.7. The number of nitro benzene ring substituents is 1. The molecule has 4 N–H and O–H groups in total. The zero-order valence-electron chi connectivity index (χ0n) is 19.2. The van der Waals surface area contributed by atoms with Crippen LogP contribution in [0.3, 0.4) is 0 Å². The van der Waals surface area contributed by atoms with Gasteiger partial charge in [-0.15, -0.1) is 0 Å². The van der Waals surface area contributed by atoms with Gasteiger partial charge in [0.25, 0.3) is 5.69 Å². The zero-order valence-corrected chi connectivity index (χ0v) is 20.0. The summed E-state index contributed by atoms with van der Waals surface area (Å²) < 4.78 is 0. The van der Waals surface area contributed by atoms with E-state index in [0.717, 1.165) is 16.8 Å². The molecule has 0 amide bonds. The molecule has 4 rings (SSSR count). The maximum absolute atomic E-state index is 10.9. The molecule has 11 nitrogen and oxygen atoms in total. The van der Waals surface area contributed by atoms with E-state index in [1.807, 2.05) is 32.0 Å². The van der Waals surface area contributed by atoms with E-state index < -0.39 is 4.92 Å². The number of aromatic nitrogens is 3. The summed E-state index contributed by atoms with van der Waals surface area (Å²) in [7, 11) is 0. The van der Waals surface area contributed by atoms with E-state index in [1.165, 1.54) is 24.4 Å². The molecule has 0 spiro atoms. The number of nitrogens with one attached hydrogen (secondary N) is 3. The largest absolute Gasteiger partial charge is 0.507 e. The molecule has 0 bridgehead atoms. The SMILES string of the molecule is Cc1ccc(Nc2nc(N/N=C\c3cc(Cl)ccc3O)nc(Nc3ccc([N+](=O)[O-])cc3)n2)cc1C. The van der Waals surface area contributed by atoms with Crippen molar-refractivity contribution in [1.29, 1.82) is 0 Å². The first-order valence-electron chi connectivity index (χ1n) is 10.7. The molecule has 0 aliphatic rings. The minimum absolute atomic E-state index is 0.0122. The molecule has 0 saturated carbocycles. The average Bonchev–Trinajstić information content (AvgIpc) is 2.84. The summed E-state index contributed by atoms with van der Waals surface area (Å²) in [5.41, 5.74) is 6.67. The van der Waals surface area contributed by atoms with Gasteiger partial charge in [-0.3, -0.25) is 10.1 Å². The van der Waals surface area contributed by atoms with Crippen LogP contribution in [-0.2, 0) is 0 Å². The fraction of sp³-hybridized carbons (Fsp3) is 0.0833. The molecule has 36 heavy (non-hydrogen) atoms. The molecule has 0 aliphatic heterocycles. The van der Waals surface area contributed by atoms with Crippen LogP contribution in [0, 0.1) is 24.0 Å². The first kappa shape index (κ1) is 24.4. The Morgan fingerprint density at radius 1 is 0.889 bits per heavy atom. The number of non-ortho nitro benzene ring substituents is 1. The third-order valence-corrected chi connectivity index (χ3v) is 5.33. The van der Waals surface area contributed by atoms with Crippen molar-refractivity contribution in [2.24, 2.45) is 5.10 Å². The van der Waals surface area contributed by atoms with Crippen molar-refractivity contribution in [3.05, 3.63) is 92.5 Å². The van der Waals surface area contributed by atoms with Crippen LogP contribution in [0.4, 0.5) is 34.9 Å². The molecule has 0 unspecified atom stereocenters. The normalized spacial score (nSPS) is 10.9. The van der Waals surface area contributed by atoms with E-state index in [9.17, 15) is 15.2 Å². The lowest BCUT2D eigenvalue weighted by Gasteiger charge is -2.11. The first-order chi connectivity index (χ1) is 17.3. The Kier molecular flexibility index (Phi) is 7.21. The number of anilines is 5. The Morgan fingerprint density at radius 2 is 1.53 bits per heavy atom. The molecule has 182 valence electrons. The van der Waals surface area contributed by atoms with E-state index in [2.05, 4.69) is 36.1 Å². The Hall–Kier alpha value is -4.77. The van der Waals surface area contributed by atoms with Crippen molar-refractivity contribution in [2.75, 3.05) is 16.1 Å². The third-order valence-electron chi connectivity index (χ3n) is 5.09. The van der Waals surface area contributed by atoms with Gasteiger partial charge in [0.05, 0.1) is 11.1 Å². The van der Waals surface area contributed by atoms with E-state index in [-0.39, 0.29) is 29.3 Å². The van der Waals surface area contributed by atoms with Crippen LogP contribution in [0.25, 0.3) is 0 Å². The lowest BCUT2D eigenvalue weighted by molar-refractivity contribution is -0.384. The van der Waals surface area contributed by atoms with Gasteiger partial charge in [0.2, 0.25) is 17.8 Å². The number of hydrogen-bond donors (Lipinski definition) is 4. The standard InChI is InChI=1S/C24H21ClN8O3/c1-14-3-5-19(11-15(14)2)28-23-29-22(27-18-6-8-20(9-7-18)33(35)36)30-24(31-23)32-26-13-16-12-17(25)4-10-21(16)34/h3-13,34H,1-2H3,(H3,27,28,29,30,31,32)/b26-13-. The zero-order chi connectivity index (χ0) is 25.7. The predicted molar refractivity (Wildman–Crippen MR) is 140 cm³/mol. The van der Waals surface area contributed by atoms with Crippen LogP contribution in [0.2, 0.25) is 5.02 Å². The summed E-state index contributed by atoms with van der Waals surface area (Å²) in [6.45, 7) is 4.02. The predicted octanol–water partition coefficient (Wildman–Crippen LogP) is 5.69. The van der Waals surface area contributed by atoms with Crippen LogP contribution >= 0.6 is 11.6 Å². The van der Waals surface area contributed by atoms with Gasteiger partial charge in [0.15, 0.2) is 0 Å². The van der Waals surface area contributed by atoms with E-state index in [1.54, 1.807) is 24.3 Å². The van der Waals surface area contributed by atoms with Gasteiger partial charge in [0.1, 0.15) is 5.75 Å². The molecule has 0 radical (unpaired) electrons. The molecule has 4 aromatic rings. The fourth-order valence-corrected chi connectivity index (χ4v) is 3.25. The topological polar surface area (TPSA) is 150 Å². The van der Waals surface area contributed by atoms with Crippen molar-refractivity contribution in [3.8, 4) is 5.75 Å². The summed E-state index contributed by atoms with van der Waals surface area (Å²) in [5.74, 6) is 0.534. The highest BCUT2D eigenvalue weighted by Crippen LogP contribution is 2.23. The molecule has 0 saturated heterocycles. The second-order valence-electron chi connectivity index (χ2n) is 7.73. The smallest absolute Gasteiger partial charge is 0.269 e. The van der Waals surface area contributed by atoms with Gasteiger partial charge < -0.3 is 15.7 Å². The third kappa shape index (κ3) is 6.21. The van der Waals surface area contributed by atoms with Crippen molar-refractivity contribution in [2.45, 2.75) is 13.8 Å². The quantitative estimate of drug-likeness (QED) is 0.135. The van der Waals surface area contributed by atoms with Gasteiger partial charge in [-0.25, -0.2) is 5.43 Å². The summed E-state index contributed by atoms with van der Waals surface area (Å²) in [6, 6.07) is 16.3. The van der Waals surface area contributed by atoms with Crippen LogP contribution in [-0.4, -0.2) is 31.2 Å². The average molecular weight is 505 g/mol. The molecule has 0 atom stereocenters. The number of halogens is 1. The number of benzene rings is 3. The van der Waals surface area contributed by atoms with E-state index >= 15 is 0 Å². The van der Waals surface area contributed by atoms with Gasteiger partial charge in [0, 0.05) is 34.1 Å². The summed E-state index contributed by atoms with van der Waals surface area (Å²) in [5, 5.41) is 31.6. The molecule has 1 aromatic heterocycles. The molecule has 12 heteroatoms. The lowest BCUT2D eigenvalue weighted by Crippen LogP contribution is -2.07. The Labute approximate surface area is 211 Å². The fourth-order valence-electron chi connectivity index (χ4n) is 3.07. The number of phenols is 1. The monoisotopic (exact) mass is 504 g/mol. The molecule has 0 aliphatic carbocycles. The van der Waals surface area contributed by atoms with Crippen LogP contribution in [0.5, 0.6) is 5.75 Å². The van der Waals surface area contributed by atoms with Gasteiger partial charge in [-0.2, -0.15) is 20.1 Å². The number of phenolic OH excluding ortho intramolecular Hbond substituents is 1. The van der Waals surface area contributed by atoms with Gasteiger partial charge >= 0.3 is 0 Å². The van der Waals surface area contributed by atoms with Crippen LogP contribution in [0.1, 0.15) is 16.7 Å².